The maximum Gasteiger partial charge on any atom is 0.321 e. The van der Waals surface area contributed by atoms with Gasteiger partial charge in [0, 0.05) is 44.6 Å². The Labute approximate surface area is 307 Å². The van der Waals surface area contributed by atoms with Crippen LogP contribution in [0.3, 0.4) is 0 Å². The number of fused-ring (bicyclic) bond motifs is 6. The molecule has 274 valence electrons. The van der Waals surface area contributed by atoms with E-state index in [4.69, 9.17) is 34.4 Å². The number of nitrogens with zero attached hydrogens (tertiary/aromatic N) is 8. The van der Waals surface area contributed by atoms with Gasteiger partial charge in [-0.05, 0) is 86.7 Å². The van der Waals surface area contributed by atoms with Crippen molar-refractivity contribution in [3.8, 4) is 23.1 Å². The van der Waals surface area contributed by atoms with Crippen LogP contribution in [0.4, 0.5) is 4.39 Å². The molecule has 0 spiro atoms. The number of ether oxygens (including phenoxy) is 3. The van der Waals surface area contributed by atoms with Crippen LogP contribution in [-0.4, -0.2) is 77.0 Å². The zero-order chi connectivity index (χ0) is 35.8. The number of allylic oxidation sites excluding steroid dienone is 2. The van der Waals surface area contributed by atoms with E-state index < -0.39 is 6.17 Å². The molecule has 1 unspecified atom stereocenters. The first kappa shape index (κ1) is 32.8. The topological polar surface area (TPSA) is 97.3 Å². The Hall–Kier alpha value is -4.81. The summed E-state index contributed by atoms with van der Waals surface area (Å²) in [4.78, 5) is 12.2. The minimum atomic E-state index is -0.841. The molecule has 3 atom stereocenters. The first-order valence-corrected chi connectivity index (χ1v) is 19.1. The third kappa shape index (κ3) is 5.27. The number of aryl methyl sites for hydroxylation is 3. The first-order valence-electron chi connectivity index (χ1n) is 19.1. The van der Waals surface area contributed by atoms with Crippen molar-refractivity contribution in [3.63, 3.8) is 0 Å². The van der Waals surface area contributed by atoms with Crippen LogP contribution in [0.5, 0.6) is 11.9 Å². The van der Waals surface area contributed by atoms with Crippen LogP contribution in [0.1, 0.15) is 74.8 Å². The minimum Gasteiger partial charge on any atom is -0.472 e. The van der Waals surface area contributed by atoms with Crippen molar-refractivity contribution in [1.82, 2.24) is 39.0 Å². The van der Waals surface area contributed by atoms with Crippen LogP contribution in [0.15, 0.2) is 48.7 Å². The molecule has 11 nitrogen and oxygen atoms in total. The largest absolute Gasteiger partial charge is 0.472 e. The molecular weight excluding hydrogens is 672 g/mol. The van der Waals surface area contributed by atoms with E-state index >= 15 is 0 Å². The minimum absolute atomic E-state index is 0.0809. The fraction of sp³-hybridized carbons (Fsp3) is 0.463. The third-order valence-corrected chi connectivity index (χ3v) is 12.1. The fourth-order valence-corrected chi connectivity index (χ4v) is 9.61. The Morgan fingerprint density at radius 3 is 2.77 bits per heavy atom. The van der Waals surface area contributed by atoms with Gasteiger partial charge in [0.05, 0.1) is 22.8 Å². The van der Waals surface area contributed by atoms with Crippen LogP contribution >= 0.6 is 0 Å². The van der Waals surface area contributed by atoms with Crippen LogP contribution in [0.25, 0.3) is 49.8 Å². The summed E-state index contributed by atoms with van der Waals surface area (Å²) >= 11 is 0. The van der Waals surface area contributed by atoms with E-state index in [1.54, 1.807) is 0 Å². The Bertz CT molecular complexity index is 2410. The average Bonchev–Trinajstić information content (AvgIpc) is 3.97. The van der Waals surface area contributed by atoms with Crippen molar-refractivity contribution in [2.45, 2.75) is 82.8 Å². The van der Waals surface area contributed by atoms with Gasteiger partial charge in [-0.3, -0.25) is 9.58 Å². The summed E-state index contributed by atoms with van der Waals surface area (Å²) in [5.74, 6) is 0.433. The van der Waals surface area contributed by atoms with Gasteiger partial charge in [-0.15, -0.1) is 0 Å². The Balaban J connectivity index is 1.15. The second-order valence-corrected chi connectivity index (χ2v) is 15.4. The monoisotopic (exact) mass is 716 g/mol. The first-order chi connectivity index (χ1) is 25.9. The molecule has 3 saturated heterocycles. The van der Waals surface area contributed by atoms with Crippen molar-refractivity contribution in [2.75, 3.05) is 26.3 Å². The molecule has 0 radical (unpaired) electrons. The fourth-order valence-electron chi connectivity index (χ4n) is 9.61. The van der Waals surface area contributed by atoms with E-state index in [2.05, 4.69) is 33.2 Å². The smallest absolute Gasteiger partial charge is 0.321 e. The molecular formula is C41H45FN8O3. The molecule has 3 fully saturated rings. The van der Waals surface area contributed by atoms with Crippen LogP contribution in [0, 0.1) is 0 Å². The zero-order valence-electron chi connectivity index (χ0n) is 30.6. The van der Waals surface area contributed by atoms with Crippen LogP contribution in [0.2, 0.25) is 0 Å². The van der Waals surface area contributed by atoms with Gasteiger partial charge in [0.25, 0.3) is 0 Å². The van der Waals surface area contributed by atoms with E-state index in [0.29, 0.717) is 37.7 Å². The molecule has 10 rings (SSSR count). The van der Waals surface area contributed by atoms with Crippen molar-refractivity contribution in [2.24, 2.45) is 14.1 Å². The Morgan fingerprint density at radius 1 is 1.04 bits per heavy atom. The summed E-state index contributed by atoms with van der Waals surface area (Å²) in [7, 11) is 4.01. The predicted molar refractivity (Wildman–Crippen MR) is 202 cm³/mol. The molecule has 7 heterocycles. The SMILES string of the molecule is CC1=CCCc2cc3c(cnn3C3CCCCO3)c(-c3nn(C)c4c5c(OCc6ccccc6)nc(OC[C@@]67CCCN6C[C@H](F)C7)nc5n(C)c34)c21. The van der Waals surface area contributed by atoms with E-state index in [-0.39, 0.29) is 17.8 Å². The summed E-state index contributed by atoms with van der Waals surface area (Å²) < 4.78 is 40.0. The lowest BCUT2D eigenvalue weighted by Gasteiger charge is -2.30. The van der Waals surface area contributed by atoms with Crippen LogP contribution in [-0.2, 0) is 31.9 Å². The molecule has 6 aromatic rings. The van der Waals surface area contributed by atoms with Gasteiger partial charge in [-0.25, -0.2) is 9.07 Å². The molecule has 0 amide bonds. The molecule has 53 heavy (non-hydrogen) atoms. The van der Waals surface area contributed by atoms with Gasteiger partial charge in [0.15, 0.2) is 11.9 Å². The lowest BCUT2D eigenvalue weighted by atomic mass is 9.85. The molecule has 3 aliphatic heterocycles. The zero-order valence-corrected chi connectivity index (χ0v) is 30.6. The molecule has 4 aliphatic rings. The van der Waals surface area contributed by atoms with Gasteiger partial charge in [-0.2, -0.15) is 20.2 Å². The van der Waals surface area contributed by atoms with Gasteiger partial charge in [0.1, 0.15) is 36.0 Å². The molecule has 0 N–H and O–H groups in total. The standard InChI is InChI=1S/C41H45FN8O3/c1-25-11-9-14-27-19-30-29(21-43-50(30)31-15-7-8-18-51-31)33(32(25)27)35-37-36(48(3)46-35)34-38(47(37)2)44-40(45-39(34)52-23-26-12-5-4-6-13-26)53-24-41-16-10-17-49(41)22-28(42)20-41/h4-6,11-13,19,21,28,31H,7-10,14-18,20,22-24H2,1-3H3/t28-,31?,41+/m1/s1. The number of rotatable bonds is 8. The molecule has 12 heteroatoms. The van der Waals surface area contributed by atoms with Gasteiger partial charge in [0.2, 0.25) is 5.88 Å². The van der Waals surface area contributed by atoms with Crippen LogP contribution < -0.4 is 9.47 Å². The van der Waals surface area contributed by atoms with Crippen molar-refractivity contribution < 1.29 is 18.6 Å². The number of aromatic nitrogens is 7. The molecule has 0 bridgehead atoms. The quantitative estimate of drug-likeness (QED) is 0.160. The highest BCUT2D eigenvalue weighted by atomic mass is 19.1. The highest BCUT2D eigenvalue weighted by Gasteiger charge is 2.49. The van der Waals surface area contributed by atoms with E-state index in [0.717, 1.165) is 102 Å². The predicted octanol–water partition coefficient (Wildman–Crippen LogP) is 7.45. The van der Waals surface area contributed by atoms with E-state index in [1.165, 1.54) is 16.7 Å². The lowest BCUT2D eigenvalue weighted by Crippen LogP contribution is -2.43. The highest BCUT2D eigenvalue weighted by Crippen LogP contribution is 2.46. The van der Waals surface area contributed by atoms with Gasteiger partial charge in [-0.1, -0.05) is 36.4 Å². The van der Waals surface area contributed by atoms with E-state index in [1.807, 2.05) is 55.3 Å². The van der Waals surface area contributed by atoms with E-state index in [9.17, 15) is 4.39 Å². The summed E-state index contributed by atoms with van der Waals surface area (Å²) in [5, 5.41) is 12.1. The maximum atomic E-state index is 14.6. The maximum absolute atomic E-state index is 14.6. The number of benzene rings is 2. The lowest BCUT2D eigenvalue weighted by molar-refractivity contribution is -0.0366. The van der Waals surface area contributed by atoms with Gasteiger partial charge < -0.3 is 18.8 Å². The van der Waals surface area contributed by atoms with Crippen molar-refractivity contribution in [3.05, 3.63) is 65.4 Å². The summed E-state index contributed by atoms with van der Waals surface area (Å²) in [6.07, 6.45) is 10.9. The normalized spacial score (nSPS) is 23.2. The summed E-state index contributed by atoms with van der Waals surface area (Å²) in [6.45, 7) is 4.97. The number of hydrogen-bond donors (Lipinski definition) is 0. The molecule has 4 aromatic heterocycles. The summed E-state index contributed by atoms with van der Waals surface area (Å²) in [5.41, 5.74) is 9.98. The van der Waals surface area contributed by atoms with Gasteiger partial charge >= 0.3 is 6.01 Å². The second kappa shape index (κ2) is 12.7. The Kier molecular flexibility index (Phi) is 7.84. The van der Waals surface area contributed by atoms with Crippen molar-refractivity contribution in [1.29, 1.82) is 0 Å². The number of halogens is 1. The molecule has 0 saturated carbocycles. The molecule has 2 aromatic carbocycles. The second-order valence-electron chi connectivity index (χ2n) is 15.4. The third-order valence-electron chi connectivity index (χ3n) is 12.1. The molecule has 1 aliphatic carbocycles. The number of alkyl halides is 1. The highest BCUT2D eigenvalue weighted by molar-refractivity contribution is 6.15. The Morgan fingerprint density at radius 2 is 1.92 bits per heavy atom. The van der Waals surface area contributed by atoms with Crippen molar-refractivity contribution >= 4 is 38.5 Å². The number of hydrogen-bond acceptors (Lipinski definition) is 8. The average molecular weight is 717 g/mol. The summed E-state index contributed by atoms with van der Waals surface area (Å²) in [6, 6.07) is 12.6.